The quantitative estimate of drug-likeness (QED) is 0.178. The van der Waals surface area contributed by atoms with Gasteiger partial charge in [0.25, 0.3) is 5.91 Å². The highest BCUT2D eigenvalue weighted by atomic mass is 79.9. The summed E-state index contributed by atoms with van der Waals surface area (Å²) in [5.41, 5.74) is 6.92. The number of hydrogen-bond donors (Lipinski definition) is 0. The summed E-state index contributed by atoms with van der Waals surface area (Å²) in [6.07, 6.45) is 4.05. The zero-order chi connectivity index (χ0) is 24.9. The van der Waals surface area contributed by atoms with Gasteiger partial charge in [-0.3, -0.25) is 9.69 Å². The molecule has 0 aliphatic carbocycles. The van der Waals surface area contributed by atoms with Crippen LogP contribution in [0.2, 0.25) is 0 Å². The normalized spacial score (nSPS) is 15.2. The average molecular weight is 609 g/mol. The third-order valence-corrected chi connectivity index (χ3v) is 7.92. The van der Waals surface area contributed by atoms with E-state index in [0.717, 1.165) is 43.2 Å². The van der Waals surface area contributed by atoms with Crippen molar-refractivity contribution in [3.8, 4) is 0 Å². The van der Waals surface area contributed by atoms with Gasteiger partial charge >= 0.3 is 0 Å². The van der Waals surface area contributed by atoms with Crippen LogP contribution < -0.4 is 4.90 Å². The molecule has 0 saturated carbocycles. The highest BCUT2D eigenvalue weighted by molar-refractivity contribution is 9.10. The molecule has 0 unspecified atom stereocenters. The number of benzene rings is 3. The van der Waals surface area contributed by atoms with Gasteiger partial charge in [-0.1, -0.05) is 50.1 Å². The smallest absolute Gasteiger partial charge is 0.281 e. The number of carbonyl (C=O) groups excluding carboxylic acids is 1. The summed E-state index contributed by atoms with van der Waals surface area (Å²) in [5, 5.41) is 1.55. The predicted octanol–water partition coefficient (Wildman–Crippen LogP) is 7.44. The summed E-state index contributed by atoms with van der Waals surface area (Å²) in [6, 6.07) is 20.6. The molecular formula is C28H23Br2N3OS. The zero-order valence-electron chi connectivity index (χ0n) is 19.5. The summed E-state index contributed by atoms with van der Waals surface area (Å²) >= 11 is 12.8. The molecule has 4 aromatic rings. The summed E-state index contributed by atoms with van der Waals surface area (Å²) in [6.45, 7) is 4.83. The van der Waals surface area contributed by atoms with Crippen molar-refractivity contribution in [3.63, 3.8) is 0 Å². The fraction of sp³-hybridized carbons (Fsp3) is 0.143. The Labute approximate surface area is 227 Å². The van der Waals surface area contributed by atoms with Gasteiger partial charge in [0.15, 0.2) is 5.11 Å². The molecule has 1 amide bonds. The van der Waals surface area contributed by atoms with Crippen molar-refractivity contribution in [3.05, 3.63) is 104 Å². The average Bonchev–Trinajstić information content (AvgIpc) is 3.26. The number of rotatable bonds is 4. The summed E-state index contributed by atoms with van der Waals surface area (Å²) in [7, 11) is 1.85. The van der Waals surface area contributed by atoms with Crippen molar-refractivity contribution in [2.75, 3.05) is 11.9 Å². The largest absolute Gasteiger partial charge is 0.342 e. The monoisotopic (exact) mass is 607 g/mol. The Morgan fingerprint density at radius 1 is 0.914 bits per heavy atom. The van der Waals surface area contributed by atoms with Crippen LogP contribution >= 0.6 is 44.1 Å². The molecule has 0 atom stereocenters. The molecule has 0 spiro atoms. The van der Waals surface area contributed by atoms with Gasteiger partial charge in [-0.25, -0.2) is 0 Å². The Hall–Kier alpha value is -2.74. The first-order chi connectivity index (χ1) is 16.7. The molecule has 0 N–H and O–H groups in total. The van der Waals surface area contributed by atoms with E-state index in [1.807, 2.05) is 44.3 Å². The van der Waals surface area contributed by atoms with E-state index in [-0.39, 0.29) is 5.91 Å². The summed E-state index contributed by atoms with van der Waals surface area (Å²) < 4.78 is 4.26. The van der Waals surface area contributed by atoms with Gasteiger partial charge in [-0.05, 0) is 91.3 Å². The fourth-order valence-corrected chi connectivity index (χ4v) is 5.24. The van der Waals surface area contributed by atoms with Crippen molar-refractivity contribution >= 4 is 77.8 Å². The third-order valence-electron chi connectivity index (χ3n) is 6.44. The molecule has 1 aliphatic rings. The minimum absolute atomic E-state index is 0.121. The molecule has 176 valence electrons. The number of halogens is 2. The minimum atomic E-state index is -0.121. The van der Waals surface area contributed by atoms with E-state index in [1.165, 1.54) is 11.1 Å². The molecule has 35 heavy (non-hydrogen) atoms. The molecule has 1 fully saturated rings. The maximum Gasteiger partial charge on any atom is 0.281 e. The van der Waals surface area contributed by atoms with E-state index < -0.39 is 0 Å². The van der Waals surface area contributed by atoms with Crippen LogP contribution in [0.4, 0.5) is 5.69 Å². The van der Waals surface area contributed by atoms with Crippen molar-refractivity contribution in [2.24, 2.45) is 0 Å². The maximum atomic E-state index is 13.6. The number of carbonyl (C=O) groups is 1. The van der Waals surface area contributed by atoms with E-state index >= 15 is 0 Å². The number of anilines is 1. The van der Waals surface area contributed by atoms with Crippen molar-refractivity contribution in [1.29, 1.82) is 0 Å². The molecule has 1 aliphatic heterocycles. The van der Waals surface area contributed by atoms with Crippen LogP contribution in [0.25, 0.3) is 17.0 Å². The van der Waals surface area contributed by atoms with Crippen molar-refractivity contribution in [2.45, 2.75) is 20.4 Å². The molecule has 7 heteroatoms. The number of amides is 1. The number of aromatic nitrogens is 1. The first kappa shape index (κ1) is 24.0. The number of thiocarbonyl (C=S) groups is 1. The number of likely N-dealkylation sites (N-methyl/N-ethyl adjacent to an activating group) is 1. The number of hydrogen-bond acceptors (Lipinski definition) is 2. The van der Waals surface area contributed by atoms with Gasteiger partial charge in [-0.2, -0.15) is 0 Å². The Balaban J connectivity index is 1.57. The van der Waals surface area contributed by atoms with Gasteiger partial charge in [-0.15, -0.1) is 0 Å². The molecule has 1 aromatic heterocycles. The van der Waals surface area contributed by atoms with Crippen molar-refractivity contribution in [1.82, 2.24) is 9.47 Å². The van der Waals surface area contributed by atoms with Crippen LogP contribution in [0.3, 0.4) is 0 Å². The first-order valence-corrected chi connectivity index (χ1v) is 13.2. The van der Waals surface area contributed by atoms with Crippen molar-refractivity contribution < 1.29 is 4.79 Å². The Kier molecular flexibility index (Phi) is 6.42. The SMILES string of the molecule is Cc1ccc(N2C(=O)/C(=C/c3cn(Cc4ccc(Br)cc4)c4ccc(Br)cc34)N(C)C2=S)cc1C. The number of fused-ring (bicyclic) bond motifs is 1. The Morgan fingerprint density at radius 2 is 1.63 bits per heavy atom. The predicted molar refractivity (Wildman–Crippen MR) is 155 cm³/mol. The van der Waals surface area contributed by atoms with E-state index in [0.29, 0.717) is 10.8 Å². The number of aryl methyl sites for hydroxylation is 2. The van der Waals surface area contributed by atoms with E-state index in [2.05, 4.69) is 85.9 Å². The Bertz CT molecular complexity index is 1520. The lowest BCUT2D eigenvalue weighted by Crippen LogP contribution is -2.31. The second kappa shape index (κ2) is 9.37. The van der Waals surface area contributed by atoms with Crippen LogP contribution in [0, 0.1) is 13.8 Å². The van der Waals surface area contributed by atoms with E-state index in [9.17, 15) is 4.79 Å². The topological polar surface area (TPSA) is 28.5 Å². The molecule has 2 heterocycles. The standard InChI is InChI=1S/C28H23Br2N3OS/c1-17-4-10-23(12-18(17)2)33-27(34)26(31(3)28(33)35)13-20-16-32(15-19-5-7-21(29)8-6-19)25-11-9-22(30)14-24(20)25/h4-14,16H,15H2,1-3H3/b26-13-. The molecule has 0 radical (unpaired) electrons. The van der Waals surface area contributed by atoms with Crippen LogP contribution in [0.15, 0.2) is 81.5 Å². The molecular weight excluding hydrogens is 586 g/mol. The van der Waals surface area contributed by atoms with Crippen LogP contribution in [-0.4, -0.2) is 27.5 Å². The van der Waals surface area contributed by atoms with Gasteiger partial charge < -0.3 is 9.47 Å². The van der Waals surface area contributed by atoms with Crippen LogP contribution in [0.1, 0.15) is 22.3 Å². The molecule has 3 aromatic carbocycles. The lowest BCUT2D eigenvalue weighted by molar-refractivity contribution is -0.114. The first-order valence-electron chi connectivity index (χ1n) is 11.2. The lowest BCUT2D eigenvalue weighted by Gasteiger charge is -2.17. The minimum Gasteiger partial charge on any atom is -0.342 e. The van der Waals surface area contributed by atoms with Gasteiger partial charge in [0, 0.05) is 45.2 Å². The molecule has 5 rings (SSSR count). The van der Waals surface area contributed by atoms with Crippen LogP contribution in [0.5, 0.6) is 0 Å². The van der Waals surface area contributed by atoms with Crippen LogP contribution in [-0.2, 0) is 11.3 Å². The highest BCUT2D eigenvalue weighted by Crippen LogP contribution is 2.32. The van der Waals surface area contributed by atoms with E-state index in [4.69, 9.17) is 12.2 Å². The fourth-order valence-electron chi connectivity index (χ4n) is 4.33. The van der Waals surface area contributed by atoms with Gasteiger partial charge in [0.1, 0.15) is 5.70 Å². The Morgan fingerprint density at radius 3 is 2.34 bits per heavy atom. The summed E-state index contributed by atoms with van der Waals surface area (Å²) in [4.78, 5) is 17.0. The molecule has 1 saturated heterocycles. The maximum absolute atomic E-state index is 13.6. The van der Waals surface area contributed by atoms with Gasteiger partial charge in [0.2, 0.25) is 0 Å². The molecule has 4 nitrogen and oxygen atoms in total. The summed E-state index contributed by atoms with van der Waals surface area (Å²) in [5.74, 6) is -0.121. The lowest BCUT2D eigenvalue weighted by atomic mass is 10.1. The van der Waals surface area contributed by atoms with Gasteiger partial charge in [0.05, 0.1) is 5.69 Å². The van der Waals surface area contributed by atoms with E-state index in [1.54, 1.807) is 9.80 Å². The third kappa shape index (κ3) is 4.48. The second-order valence-corrected chi connectivity index (χ2v) is 11.0. The second-order valence-electron chi connectivity index (χ2n) is 8.78. The molecule has 0 bridgehead atoms. The zero-order valence-corrected chi connectivity index (χ0v) is 23.5. The highest BCUT2D eigenvalue weighted by Gasteiger charge is 2.37. The number of nitrogens with zero attached hydrogens (tertiary/aromatic N) is 3.